The molecule has 0 aliphatic carbocycles. The number of hydrogen-bond acceptors (Lipinski definition) is 3. The van der Waals surface area contributed by atoms with Gasteiger partial charge in [0.2, 0.25) is 0 Å². The summed E-state index contributed by atoms with van der Waals surface area (Å²) in [7, 11) is 0. The molecular formula is C8H13NO2. The molecule has 0 aromatic carbocycles. The van der Waals surface area contributed by atoms with Gasteiger partial charge in [0, 0.05) is 13.1 Å². The lowest BCUT2D eigenvalue weighted by Crippen LogP contribution is -2.29. The zero-order valence-electron chi connectivity index (χ0n) is 6.40. The van der Waals surface area contributed by atoms with Crippen LogP contribution in [0.2, 0.25) is 0 Å². The average molecular weight is 155 g/mol. The van der Waals surface area contributed by atoms with Gasteiger partial charge < -0.3 is 10.2 Å². The third-order valence-corrected chi connectivity index (χ3v) is 2.69. The van der Waals surface area contributed by atoms with Gasteiger partial charge in [-0.3, -0.25) is 4.90 Å². The molecule has 62 valence electrons. The first-order valence-electron chi connectivity index (χ1n) is 3.99. The maximum absolute atomic E-state index is 9.47. The fraction of sp³-hybridized carbons (Fsp3) is 0.750. The molecule has 2 aliphatic heterocycles. The molecule has 0 amide bonds. The second-order valence-electron chi connectivity index (χ2n) is 3.39. The van der Waals surface area contributed by atoms with Gasteiger partial charge in [-0.25, -0.2) is 0 Å². The van der Waals surface area contributed by atoms with Gasteiger partial charge in [0.25, 0.3) is 0 Å². The lowest BCUT2D eigenvalue weighted by Gasteiger charge is -2.16. The summed E-state index contributed by atoms with van der Waals surface area (Å²) in [5, 5.41) is 18.8. The van der Waals surface area contributed by atoms with Gasteiger partial charge in [-0.2, -0.15) is 0 Å². The van der Waals surface area contributed by atoms with Gasteiger partial charge in [-0.15, -0.1) is 0 Å². The minimum absolute atomic E-state index is 0.0324. The van der Waals surface area contributed by atoms with E-state index in [4.69, 9.17) is 0 Å². The predicted molar refractivity (Wildman–Crippen MR) is 41.1 cm³/mol. The summed E-state index contributed by atoms with van der Waals surface area (Å²) in [4.78, 5) is 2.09. The van der Waals surface area contributed by atoms with Crippen molar-refractivity contribution in [2.45, 2.75) is 24.7 Å². The Morgan fingerprint density at radius 3 is 2.82 bits per heavy atom. The van der Waals surface area contributed by atoms with Crippen LogP contribution in [-0.4, -0.2) is 46.5 Å². The fourth-order valence-corrected chi connectivity index (χ4v) is 2.06. The molecule has 0 aromatic rings. The van der Waals surface area contributed by atoms with E-state index >= 15 is 0 Å². The molecule has 3 heteroatoms. The molecule has 2 saturated heterocycles. The summed E-state index contributed by atoms with van der Waals surface area (Å²) in [6, 6.07) is 0.0324. The molecule has 2 rings (SSSR count). The highest BCUT2D eigenvalue weighted by Gasteiger charge is 2.42. The Hall–Kier alpha value is -0.380. The molecule has 0 saturated carbocycles. The Bertz CT molecular complexity index is 193. The Balaban J connectivity index is 2.20. The van der Waals surface area contributed by atoms with Crippen molar-refractivity contribution < 1.29 is 10.2 Å². The molecule has 2 N–H and O–H groups in total. The van der Waals surface area contributed by atoms with Crippen molar-refractivity contribution in [1.82, 2.24) is 4.90 Å². The van der Waals surface area contributed by atoms with E-state index in [0.29, 0.717) is 6.54 Å². The van der Waals surface area contributed by atoms with Crippen LogP contribution in [0.3, 0.4) is 0 Å². The van der Waals surface area contributed by atoms with Gasteiger partial charge in [0.1, 0.15) is 0 Å². The van der Waals surface area contributed by atoms with Crippen molar-refractivity contribution in [3.8, 4) is 0 Å². The van der Waals surface area contributed by atoms with Crippen LogP contribution < -0.4 is 0 Å². The minimum atomic E-state index is -0.421. The second-order valence-corrected chi connectivity index (χ2v) is 3.39. The van der Waals surface area contributed by atoms with Gasteiger partial charge in [-0.1, -0.05) is 6.58 Å². The lowest BCUT2D eigenvalue weighted by atomic mass is 10.0. The molecule has 3 atom stereocenters. The number of rotatable bonds is 0. The topological polar surface area (TPSA) is 43.7 Å². The molecular weight excluding hydrogens is 142 g/mol. The Labute approximate surface area is 65.9 Å². The maximum Gasteiger partial charge on any atom is 0.0890 e. The molecule has 2 fully saturated rings. The van der Waals surface area contributed by atoms with Crippen LogP contribution >= 0.6 is 0 Å². The Kier molecular flexibility index (Phi) is 1.52. The molecule has 0 radical (unpaired) electrons. The van der Waals surface area contributed by atoms with Gasteiger partial charge in [-0.05, 0) is 12.0 Å². The first-order valence-corrected chi connectivity index (χ1v) is 3.99. The summed E-state index contributed by atoms with van der Waals surface area (Å²) < 4.78 is 0. The van der Waals surface area contributed by atoms with E-state index in [2.05, 4.69) is 11.5 Å². The smallest absolute Gasteiger partial charge is 0.0890 e. The van der Waals surface area contributed by atoms with Crippen LogP contribution in [0.15, 0.2) is 12.2 Å². The minimum Gasteiger partial charge on any atom is -0.391 e. The zero-order valence-corrected chi connectivity index (χ0v) is 6.40. The number of nitrogens with zero attached hydrogens (tertiary/aromatic N) is 1. The highest BCUT2D eigenvalue weighted by Crippen LogP contribution is 2.31. The number of aliphatic hydroxyl groups excluding tert-OH is 2. The maximum atomic E-state index is 9.47. The number of hydrogen-bond donors (Lipinski definition) is 2. The van der Waals surface area contributed by atoms with E-state index in [0.717, 1.165) is 18.5 Å². The number of fused-ring (bicyclic) bond motifs is 1. The first-order chi connectivity index (χ1) is 5.20. The molecule has 11 heavy (non-hydrogen) atoms. The second kappa shape index (κ2) is 2.30. The van der Waals surface area contributed by atoms with Crippen molar-refractivity contribution in [2.24, 2.45) is 0 Å². The summed E-state index contributed by atoms with van der Waals surface area (Å²) in [5.41, 5.74) is 0.787. The zero-order chi connectivity index (χ0) is 8.01. The van der Waals surface area contributed by atoms with Crippen molar-refractivity contribution in [1.29, 1.82) is 0 Å². The van der Waals surface area contributed by atoms with Crippen LogP contribution in [0.25, 0.3) is 0 Å². The van der Waals surface area contributed by atoms with Crippen molar-refractivity contribution in [2.75, 3.05) is 13.1 Å². The van der Waals surface area contributed by atoms with Crippen LogP contribution in [0.5, 0.6) is 0 Å². The Morgan fingerprint density at radius 2 is 2.18 bits per heavy atom. The monoisotopic (exact) mass is 155 g/mol. The molecule has 2 aliphatic rings. The lowest BCUT2D eigenvalue weighted by molar-refractivity contribution is 0.151. The van der Waals surface area contributed by atoms with Crippen LogP contribution in [0.1, 0.15) is 6.42 Å². The van der Waals surface area contributed by atoms with Gasteiger partial charge >= 0.3 is 0 Å². The Morgan fingerprint density at radius 1 is 1.45 bits per heavy atom. The highest BCUT2D eigenvalue weighted by atomic mass is 16.3. The third-order valence-electron chi connectivity index (χ3n) is 2.69. The van der Waals surface area contributed by atoms with Crippen molar-refractivity contribution >= 4 is 0 Å². The third kappa shape index (κ3) is 0.922. The van der Waals surface area contributed by atoms with Gasteiger partial charge in [0.05, 0.1) is 18.2 Å². The van der Waals surface area contributed by atoms with E-state index < -0.39 is 6.10 Å². The molecule has 2 heterocycles. The van der Waals surface area contributed by atoms with Crippen LogP contribution in [0.4, 0.5) is 0 Å². The summed E-state index contributed by atoms with van der Waals surface area (Å²) in [5.74, 6) is 0. The predicted octanol–water partition coefficient (Wildman–Crippen LogP) is -0.648. The molecule has 3 nitrogen and oxygen atoms in total. The van der Waals surface area contributed by atoms with Crippen LogP contribution in [0, 0.1) is 0 Å². The van der Waals surface area contributed by atoms with Gasteiger partial charge in [0.15, 0.2) is 0 Å². The first kappa shape index (κ1) is 7.28. The van der Waals surface area contributed by atoms with E-state index in [1.165, 1.54) is 0 Å². The summed E-state index contributed by atoms with van der Waals surface area (Å²) >= 11 is 0. The van der Waals surface area contributed by atoms with Crippen molar-refractivity contribution in [3.63, 3.8) is 0 Å². The normalized spacial score (nSPS) is 44.9. The molecule has 0 aromatic heterocycles. The highest BCUT2D eigenvalue weighted by molar-refractivity contribution is 5.22. The molecule has 0 bridgehead atoms. The van der Waals surface area contributed by atoms with Crippen LogP contribution in [-0.2, 0) is 0 Å². The standard InChI is InChI=1S/C8H13NO2/c1-5-7(11)4-9-3-2-6(10)8(5)9/h6-8,10-11H,1-4H2/t6-,7-,8+/m1/s1. The molecule has 0 spiro atoms. The molecule has 0 unspecified atom stereocenters. The largest absolute Gasteiger partial charge is 0.391 e. The summed E-state index contributed by atoms with van der Waals surface area (Å²) in [6.45, 7) is 5.32. The van der Waals surface area contributed by atoms with E-state index in [-0.39, 0.29) is 12.1 Å². The number of aliphatic hydroxyl groups is 2. The van der Waals surface area contributed by atoms with E-state index in [9.17, 15) is 10.2 Å². The van der Waals surface area contributed by atoms with E-state index in [1.807, 2.05) is 0 Å². The average Bonchev–Trinajstić information content (AvgIpc) is 2.41. The quantitative estimate of drug-likeness (QED) is 0.457. The SMILES string of the molecule is C=C1[C@H](O)CN2CC[C@@H](O)[C@H]12. The van der Waals surface area contributed by atoms with E-state index in [1.54, 1.807) is 0 Å². The summed E-state index contributed by atoms with van der Waals surface area (Å²) in [6.07, 6.45) is 0.0887. The fourth-order valence-electron chi connectivity index (χ4n) is 2.06. The van der Waals surface area contributed by atoms with Crippen molar-refractivity contribution in [3.05, 3.63) is 12.2 Å².